The Hall–Kier alpha value is -8.47. The first-order chi connectivity index (χ1) is 31.7. The van der Waals surface area contributed by atoms with E-state index >= 15 is 0 Å². The molecule has 1 spiro atoms. The van der Waals surface area contributed by atoms with E-state index in [1.165, 1.54) is 22.3 Å². The lowest BCUT2D eigenvalue weighted by Gasteiger charge is -2.40. The Morgan fingerprint density at radius 1 is 0.344 bits per heavy atom. The molecule has 0 unspecified atom stereocenters. The number of nitrogens with zero attached hydrogens (tertiary/aromatic N) is 3. The largest absolute Gasteiger partial charge is 0.456 e. The normalized spacial score (nSPS) is 12.9. The van der Waals surface area contributed by atoms with Crippen LogP contribution in [0.5, 0.6) is 11.5 Å². The number of benzene rings is 9. The highest BCUT2D eigenvalue weighted by Crippen LogP contribution is 2.63. The summed E-state index contributed by atoms with van der Waals surface area (Å²) in [5, 5.41) is 3.18. The van der Waals surface area contributed by atoms with Crippen molar-refractivity contribution in [2.75, 3.05) is 0 Å². The maximum Gasteiger partial charge on any atom is 0.160 e. The zero-order valence-corrected chi connectivity index (χ0v) is 34.6. The Labute approximate surface area is 370 Å². The standard InChI is InChI=1S/C60H37N3O/c1-3-16-39(17-4-1)53-37-54(63-59(62-53)41-18-5-2-6-19-41)40-32-30-38(31-33-40)42-20-15-21-43(36-42)57-47-34-35-51-58(56(47)46-24-9-13-28-52(46)61-57)64-55-29-14-12-27-50(55)60(51)48-25-10-7-22-44(48)45-23-8-11-26-49(45)60/h1-37H. The van der Waals surface area contributed by atoms with Gasteiger partial charge in [0.1, 0.15) is 11.5 Å². The van der Waals surface area contributed by atoms with Crippen molar-refractivity contribution in [1.29, 1.82) is 0 Å². The molecule has 0 N–H and O–H groups in total. The predicted octanol–water partition coefficient (Wildman–Crippen LogP) is 15.0. The first-order valence-electron chi connectivity index (χ1n) is 21.8. The number of aromatic nitrogens is 3. The molecule has 2 aromatic heterocycles. The summed E-state index contributed by atoms with van der Waals surface area (Å²) in [5.74, 6) is 2.45. The lowest BCUT2D eigenvalue weighted by molar-refractivity contribution is 0.442. The van der Waals surface area contributed by atoms with Gasteiger partial charge in [0.25, 0.3) is 0 Å². The van der Waals surface area contributed by atoms with Crippen molar-refractivity contribution in [3.8, 4) is 78.9 Å². The van der Waals surface area contributed by atoms with Gasteiger partial charge in [0.05, 0.1) is 28.0 Å². The second-order valence-electron chi connectivity index (χ2n) is 16.6. The van der Waals surface area contributed by atoms with E-state index in [9.17, 15) is 0 Å². The Bertz CT molecular complexity index is 3530. The molecule has 64 heavy (non-hydrogen) atoms. The van der Waals surface area contributed by atoms with Crippen LogP contribution >= 0.6 is 0 Å². The third kappa shape index (κ3) is 5.46. The van der Waals surface area contributed by atoms with Crippen LogP contribution in [0.15, 0.2) is 224 Å². The summed E-state index contributed by atoms with van der Waals surface area (Å²) in [5.41, 5.74) is 16.7. The summed E-state index contributed by atoms with van der Waals surface area (Å²) in [6.07, 6.45) is 0. The van der Waals surface area contributed by atoms with Crippen LogP contribution in [0.4, 0.5) is 0 Å². The fourth-order valence-corrected chi connectivity index (χ4v) is 10.3. The second kappa shape index (κ2) is 14.3. The van der Waals surface area contributed by atoms with Crippen LogP contribution in [0.25, 0.3) is 89.1 Å². The summed E-state index contributed by atoms with van der Waals surface area (Å²) >= 11 is 0. The third-order valence-electron chi connectivity index (χ3n) is 13.2. The van der Waals surface area contributed by atoms with Crippen LogP contribution in [-0.2, 0) is 5.41 Å². The lowest BCUT2D eigenvalue weighted by atomic mass is 9.65. The molecule has 0 radical (unpaired) electrons. The summed E-state index contributed by atoms with van der Waals surface area (Å²) in [6.45, 7) is 0. The van der Waals surface area contributed by atoms with Crippen molar-refractivity contribution in [3.05, 3.63) is 247 Å². The van der Waals surface area contributed by atoms with Crippen LogP contribution in [0.3, 0.4) is 0 Å². The van der Waals surface area contributed by atoms with Gasteiger partial charge < -0.3 is 4.74 Å². The number of ether oxygens (including phenoxy) is 1. The summed E-state index contributed by atoms with van der Waals surface area (Å²) in [7, 11) is 0. The molecule has 0 saturated carbocycles. The molecule has 9 aromatic carbocycles. The van der Waals surface area contributed by atoms with Gasteiger partial charge in [-0.05, 0) is 57.6 Å². The van der Waals surface area contributed by atoms with Crippen LogP contribution in [0.1, 0.15) is 22.3 Å². The number of hydrogen-bond donors (Lipinski definition) is 0. The SMILES string of the molecule is c1ccc(-c2cc(-c3ccc(-c4cccc(-c5nc6ccccc6c6c7c(ccc56)C5(c6ccccc6O7)c6ccccc6-c6ccccc65)c4)cc3)nc(-c3ccccc3)n2)cc1. The Balaban J connectivity index is 0.953. The van der Waals surface area contributed by atoms with Crippen molar-refractivity contribution in [1.82, 2.24) is 15.0 Å². The van der Waals surface area contributed by atoms with Crippen LogP contribution in [-0.4, -0.2) is 15.0 Å². The monoisotopic (exact) mass is 815 g/mol. The Morgan fingerprint density at radius 3 is 1.64 bits per heavy atom. The van der Waals surface area contributed by atoms with Gasteiger partial charge in [-0.3, -0.25) is 0 Å². The summed E-state index contributed by atoms with van der Waals surface area (Å²) < 4.78 is 7.18. The molecular weight excluding hydrogens is 779 g/mol. The molecule has 0 atom stereocenters. The molecule has 298 valence electrons. The van der Waals surface area contributed by atoms with Crippen LogP contribution < -0.4 is 4.74 Å². The van der Waals surface area contributed by atoms with E-state index in [2.05, 4.69) is 188 Å². The number of para-hydroxylation sites is 2. The van der Waals surface area contributed by atoms with Gasteiger partial charge in [-0.25, -0.2) is 15.0 Å². The average Bonchev–Trinajstić information content (AvgIpc) is 3.67. The van der Waals surface area contributed by atoms with Gasteiger partial charge in [-0.1, -0.05) is 200 Å². The Morgan fingerprint density at radius 2 is 0.906 bits per heavy atom. The predicted molar refractivity (Wildman–Crippen MR) is 259 cm³/mol. The zero-order chi connectivity index (χ0) is 42.2. The van der Waals surface area contributed by atoms with Crippen molar-refractivity contribution >= 4 is 21.7 Å². The first kappa shape index (κ1) is 36.2. The number of rotatable bonds is 5. The molecule has 13 rings (SSSR count). The van der Waals surface area contributed by atoms with E-state index in [0.29, 0.717) is 5.82 Å². The molecule has 1 aliphatic carbocycles. The summed E-state index contributed by atoms with van der Waals surface area (Å²) in [6, 6.07) is 79.4. The molecule has 11 aromatic rings. The molecule has 2 aliphatic rings. The third-order valence-corrected chi connectivity index (χ3v) is 13.2. The second-order valence-corrected chi connectivity index (χ2v) is 16.6. The average molecular weight is 816 g/mol. The van der Waals surface area contributed by atoms with Gasteiger partial charge in [0.15, 0.2) is 5.82 Å². The number of fused-ring (bicyclic) bond motifs is 13. The molecular formula is C60H37N3O. The maximum absolute atomic E-state index is 7.18. The number of pyridine rings is 1. The smallest absolute Gasteiger partial charge is 0.160 e. The quantitative estimate of drug-likeness (QED) is 0.162. The van der Waals surface area contributed by atoms with Crippen molar-refractivity contribution in [2.24, 2.45) is 0 Å². The molecule has 0 bridgehead atoms. The molecule has 4 heteroatoms. The zero-order valence-electron chi connectivity index (χ0n) is 34.6. The minimum Gasteiger partial charge on any atom is -0.456 e. The van der Waals surface area contributed by atoms with E-state index in [0.717, 1.165) is 94.8 Å². The highest BCUT2D eigenvalue weighted by molar-refractivity contribution is 6.15. The topological polar surface area (TPSA) is 47.9 Å². The fraction of sp³-hybridized carbons (Fsp3) is 0.0167. The van der Waals surface area contributed by atoms with Gasteiger partial charge >= 0.3 is 0 Å². The molecule has 1 aliphatic heterocycles. The van der Waals surface area contributed by atoms with Crippen LogP contribution in [0.2, 0.25) is 0 Å². The van der Waals surface area contributed by atoms with E-state index in [-0.39, 0.29) is 0 Å². The maximum atomic E-state index is 7.18. The van der Waals surface area contributed by atoms with Crippen molar-refractivity contribution in [3.63, 3.8) is 0 Å². The number of hydrogen-bond acceptors (Lipinski definition) is 4. The van der Waals surface area contributed by atoms with Gasteiger partial charge in [0, 0.05) is 49.5 Å². The van der Waals surface area contributed by atoms with Crippen molar-refractivity contribution < 1.29 is 4.74 Å². The van der Waals surface area contributed by atoms with E-state index in [4.69, 9.17) is 19.7 Å². The molecule has 4 nitrogen and oxygen atoms in total. The first-order valence-corrected chi connectivity index (χ1v) is 21.8. The van der Waals surface area contributed by atoms with Crippen LogP contribution in [0, 0.1) is 0 Å². The van der Waals surface area contributed by atoms with Gasteiger partial charge in [-0.2, -0.15) is 0 Å². The van der Waals surface area contributed by atoms with Crippen molar-refractivity contribution in [2.45, 2.75) is 5.41 Å². The summed E-state index contributed by atoms with van der Waals surface area (Å²) in [4.78, 5) is 15.5. The van der Waals surface area contributed by atoms with E-state index in [1.807, 2.05) is 36.4 Å². The van der Waals surface area contributed by atoms with Gasteiger partial charge in [-0.15, -0.1) is 0 Å². The minimum atomic E-state index is -0.555. The molecule has 0 fully saturated rings. The lowest BCUT2D eigenvalue weighted by Crippen LogP contribution is -2.32. The van der Waals surface area contributed by atoms with E-state index in [1.54, 1.807) is 0 Å². The molecule has 0 saturated heterocycles. The molecule has 3 heterocycles. The Kier molecular flexibility index (Phi) is 8.09. The fourth-order valence-electron chi connectivity index (χ4n) is 10.3. The highest BCUT2D eigenvalue weighted by Gasteiger charge is 2.51. The van der Waals surface area contributed by atoms with E-state index < -0.39 is 5.41 Å². The molecule has 0 amide bonds. The highest BCUT2D eigenvalue weighted by atomic mass is 16.5. The minimum absolute atomic E-state index is 0.555. The van der Waals surface area contributed by atoms with Gasteiger partial charge in [0.2, 0.25) is 0 Å².